The molecular formula is C15H20BrNO2. The van der Waals surface area contributed by atoms with Crippen LogP contribution in [0.3, 0.4) is 0 Å². The highest BCUT2D eigenvalue weighted by molar-refractivity contribution is 9.10. The van der Waals surface area contributed by atoms with Gasteiger partial charge in [0.15, 0.2) is 0 Å². The first kappa shape index (κ1) is 14.4. The Morgan fingerprint density at radius 2 is 1.95 bits per heavy atom. The number of amides is 1. The number of carbonyl (C=O) groups is 1. The highest BCUT2D eigenvalue weighted by atomic mass is 79.9. The first-order valence-electron chi connectivity index (χ1n) is 6.70. The molecule has 0 saturated carbocycles. The van der Waals surface area contributed by atoms with E-state index >= 15 is 0 Å². The molecule has 1 aromatic carbocycles. The van der Waals surface area contributed by atoms with Crippen LogP contribution in [0.1, 0.15) is 43.5 Å². The summed E-state index contributed by atoms with van der Waals surface area (Å²) in [7, 11) is 1.62. The summed E-state index contributed by atoms with van der Waals surface area (Å²) in [5, 5.41) is 0. The molecular weight excluding hydrogens is 306 g/mol. The lowest BCUT2D eigenvalue weighted by Gasteiger charge is -2.39. The van der Waals surface area contributed by atoms with Crippen molar-refractivity contribution in [1.82, 2.24) is 4.90 Å². The smallest absolute Gasteiger partial charge is 0.254 e. The number of halogens is 1. The van der Waals surface area contributed by atoms with E-state index in [1.807, 2.05) is 23.1 Å². The van der Waals surface area contributed by atoms with Crippen molar-refractivity contribution in [2.45, 2.75) is 45.2 Å². The van der Waals surface area contributed by atoms with Gasteiger partial charge in [0, 0.05) is 17.6 Å². The maximum atomic E-state index is 12.6. The van der Waals surface area contributed by atoms with Crippen LogP contribution >= 0.6 is 15.9 Å². The van der Waals surface area contributed by atoms with Crippen molar-refractivity contribution in [2.75, 3.05) is 7.11 Å². The summed E-state index contributed by atoms with van der Waals surface area (Å²) < 4.78 is 6.01. The Hall–Kier alpha value is -1.03. The molecule has 104 valence electrons. The highest BCUT2D eigenvalue weighted by Crippen LogP contribution is 2.29. The molecule has 4 heteroatoms. The van der Waals surface area contributed by atoms with Gasteiger partial charge in [-0.25, -0.2) is 0 Å². The Morgan fingerprint density at radius 1 is 1.32 bits per heavy atom. The van der Waals surface area contributed by atoms with Gasteiger partial charge in [0.25, 0.3) is 5.91 Å². The maximum absolute atomic E-state index is 12.6. The van der Waals surface area contributed by atoms with E-state index in [2.05, 4.69) is 29.8 Å². The molecule has 0 spiro atoms. The molecule has 1 amide bonds. The summed E-state index contributed by atoms with van der Waals surface area (Å²) >= 11 is 3.43. The lowest BCUT2D eigenvalue weighted by molar-refractivity contribution is 0.0510. The Kier molecular flexibility index (Phi) is 4.50. The first-order chi connectivity index (χ1) is 9.04. The third-order valence-corrected chi connectivity index (χ3v) is 4.45. The predicted molar refractivity (Wildman–Crippen MR) is 79.6 cm³/mol. The molecule has 1 saturated heterocycles. The minimum atomic E-state index is 0.114. The van der Waals surface area contributed by atoms with Gasteiger partial charge in [-0.1, -0.05) is 0 Å². The number of hydrogen-bond acceptors (Lipinski definition) is 2. The van der Waals surface area contributed by atoms with Gasteiger partial charge in [0.2, 0.25) is 0 Å². The monoisotopic (exact) mass is 325 g/mol. The number of hydrogen-bond donors (Lipinski definition) is 0. The standard InChI is InChI=1S/C15H20BrNO2/c1-10-5-4-6-11(2)17(10)15(18)12-7-8-14(19-3)13(16)9-12/h7-11H,4-6H2,1-3H3. The number of likely N-dealkylation sites (tertiary alicyclic amines) is 1. The lowest BCUT2D eigenvalue weighted by Crippen LogP contribution is -2.47. The molecule has 2 atom stereocenters. The molecule has 0 radical (unpaired) electrons. The fraction of sp³-hybridized carbons (Fsp3) is 0.533. The summed E-state index contributed by atoms with van der Waals surface area (Å²) in [5.74, 6) is 0.861. The van der Waals surface area contributed by atoms with Crippen molar-refractivity contribution in [3.8, 4) is 5.75 Å². The zero-order chi connectivity index (χ0) is 14.0. The number of methoxy groups -OCH3 is 1. The topological polar surface area (TPSA) is 29.5 Å². The van der Waals surface area contributed by atoms with E-state index < -0.39 is 0 Å². The molecule has 1 heterocycles. The van der Waals surface area contributed by atoms with Crippen LogP contribution in [0.4, 0.5) is 0 Å². The van der Waals surface area contributed by atoms with E-state index in [0.717, 1.165) is 23.1 Å². The van der Waals surface area contributed by atoms with Crippen molar-refractivity contribution in [3.63, 3.8) is 0 Å². The molecule has 0 aromatic heterocycles. The number of nitrogens with zero attached hydrogens (tertiary/aromatic N) is 1. The molecule has 3 nitrogen and oxygen atoms in total. The zero-order valence-corrected chi connectivity index (χ0v) is 13.2. The van der Waals surface area contributed by atoms with Gasteiger partial charge in [-0.2, -0.15) is 0 Å². The minimum Gasteiger partial charge on any atom is -0.496 e. The SMILES string of the molecule is COc1ccc(C(=O)N2C(C)CCCC2C)cc1Br. The largest absolute Gasteiger partial charge is 0.496 e. The van der Waals surface area contributed by atoms with Gasteiger partial charge >= 0.3 is 0 Å². The van der Waals surface area contributed by atoms with E-state index in [0.29, 0.717) is 17.6 Å². The Labute approximate surface area is 123 Å². The first-order valence-corrected chi connectivity index (χ1v) is 7.50. The average molecular weight is 326 g/mol. The van der Waals surface area contributed by atoms with Gasteiger partial charge in [0.05, 0.1) is 11.6 Å². The zero-order valence-electron chi connectivity index (χ0n) is 11.6. The number of rotatable bonds is 2. The minimum absolute atomic E-state index is 0.114. The van der Waals surface area contributed by atoms with Gasteiger partial charge in [-0.3, -0.25) is 4.79 Å². The van der Waals surface area contributed by atoms with Crippen molar-refractivity contribution in [1.29, 1.82) is 0 Å². The second-order valence-corrected chi connectivity index (χ2v) is 6.05. The summed E-state index contributed by atoms with van der Waals surface area (Å²) in [5.41, 5.74) is 0.716. The predicted octanol–water partition coefficient (Wildman–Crippen LogP) is 3.86. The third kappa shape index (κ3) is 2.94. The second-order valence-electron chi connectivity index (χ2n) is 5.19. The molecule has 1 aliphatic heterocycles. The lowest BCUT2D eigenvalue weighted by atomic mass is 9.96. The van der Waals surface area contributed by atoms with E-state index in [-0.39, 0.29) is 5.91 Å². The second kappa shape index (κ2) is 5.95. The van der Waals surface area contributed by atoms with Gasteiger partial charge in [0.1, 0.15) is 5.75 Å². The molecule has 1 aliphatic rings. The van der Waals surface area contributed by atoms with E-state index in [1.54, 1.807) is 7.11 Å². The van der Waals surface area contributed by atoms with Gasteiger partial charge < -0.3 is 9.64 Å². The molecule has 1 aromatic rings. The highest BCUT2D eigenvalue weighted by Gasteiger charge is 2.29. The van der Waals surface area contributed by atoms with Gasteiger partial charge in [-0.15, -0.1) is 0 Å². The fourth-order valence-corrected chi connectivity index (χ4v) is 3.31. The van der Waals surface area contributed by atoms with Crippen molar-refractivity contribution in [2.24, 2.45) is 0 Å². The summed E-state index contributed by atoms with van der Waals surface area (Å²) in [6, 6.07) is 6.14. The van der Waals surface area contributed by atoms with Crippen LogP contribution < -0.4 is 4.74 Å². The maximum Gasteiger partial charge on any atom is 0.254 e. The van der Waals surface area contributed by atoms with Crippen LogP contribution in [0.25, 0.3) is 0 Å². The molecule has 1 fully saturated rings. The normalized spacial score (nSPS) is 23.3. The number of carbonyl (C=O) groups excluding carboxylic acids is 1. The van der Waals surface area contributed by atoms with Crippen molar-refractivity contribution in [3.05, 3.63) is 28.2 Å². The average Bonchev–Trinajstić information content (AvgIpc) is 2.38. The summed E-state index contributed by atoms with van der Waals surface area (Å²) in [6.07, 6.45) is 3.39. The fourth-order valence-electron chi connectivity index (χ4n) is 2.77. The summed E-state index contributed by atoms with van der Waals surface area (Å²) in [4.78, 5) is 14.6. The Morgan fingerprint density at radius 3 is 2.47 bits per heavy atom. The molecule has 0 N–H and O–H groups in total. The molecule has 2 rings (SSSR count). The van der Waals surface area contributed by atoms with Crippen LogP contribution in [0.5, 0.6) is 5.75 Å². The van der Waals surface area contributed by atoms with E-state index in [4.69, 9.17) is 4.74 Å². The quantitative estimate of drug-likeness (QED) is 0.826. The van der Waals surface area contributed by atoms with Crippen molar-refractivity contribution >= 4 is 21.8 Å². The molecule has 19 heavy (non-hydrogen) atoms. The van der Waals surface area contributed by atoms with E-state index in [9.17, 15) is 4.79 Å². The molecule has 0 aliphatic carbocycles. The van der Waals surface area contributed by atoms with Crippen LogP contribution in [0, 0.1) is 0 Å². The van der Waals surface area contributed by atoms with Gasteiger partial charge in [-0.05, 0) is 67.2 Å². The van der Waals surface area contributed by atoms with E-state index in [1.165, 1.54) is 6.42 Å². The van der Waals surface area contributed by atoms with Crippen LogP contribution in [-0.2, 0) is 0 Å². The molecule has 2 unspecified atom stereocenters. The van der Waals surface area contributed by atoms with Crippen LogP contribution in [-0.4, -0.2) is 30.0 Å². The third-order valence-electron chi connectivity index (χ3n) is 3.83. The van der Waals surface area contributed by atoms with Crippen molar-refractivity contribution < 1.29 is 9.53 Å². The van der Waals surface area contributed by atoms with Crippen LogP contribution in [0.2, 0.25) is 0 Å². The Bertz CT molecular complexity index is 465. The number of benzene rings is 1. The van der Waals surface area contributed by atoms with Crippen LogP contribution in [0.15, 0.2) is 22.7 Å². The Balaban J connectivity index is 2.25. The molecule has 0 bridgehead atoms. The number of piperidine rings is 1. The summed E-state index contributed by atoms with van der Waals surface area (Å²) in [6.45, 7) is 4.26. The number of ether oxygens (including phenoxy) is 1.